The van der Waals surface area contributed by atoms with Crippen LogP contribution in [0.15, 0.2) is 0 Å². The third-order valence-corrected chi connectivity index (χ3v) is 5.40. The third-order valence-electron chi connectivity index (χ3n) is 5.40. The van der Waals surface area contributed by atoms with Gasteiger partial charge < -0.3 is 9.80 Å². The molecule has 2 heterocycles. The van der Waals surface area contributed by atoms with Crippen molar-refractivity contribution in [2.24, 2.45) is 0 Å². The van der Waals surface area contributed by atoms with Crippen LogP contribution in [-0.2, 0) is 0 Å². The first kappa shape index (κ1) is 17.5. The minimum Gasteiger partial charge on any atom is -0.331 e. The second-order valence-electron chi connectivity index (χ2n) is 7.44. The number of urea groups is 1. The molecule has 0 aromatic heterocycles. The lowest BCUT2D eigenvalue weighted by Crippen LogP contribution is -2.67. The lowest BCUT2D eigenvalue weighted by atomic mass is 9.82. The van der Waals surface area contributed by atoms with Gasteiger partial charge in [0.1, 0.15) is 0 Å². The maximum absolute atomic E-state index is 12.2. The fourth-order valence-electron chi connectivity index (χ4n) is 3.97. The number of piperidine rings is 1. The Labute approximate surface area is 136 Å². The van der Waals surface area contributed by atoms with Gasteiger partial charge in [-0.05, 0) is 39.7 Å². The Bertz CT molecular complexity index is 375. The minimum atomic E-state index is 0.161. The highest BCUT2D eigenvalue weighted by molar-refractivity contribution is 5.73. The molecule has 2 aliphatic heterocycles. The van der Waals surface area contributed by atoms with Gasteiger partial charge in [-0.1, -0.05) is 6.92 Å². The Kier molecular flexibility index (Phi) is 5.72. The highest BCUT2D eigenvalue weighted by atomic mass is 16.2. The van der Waals surface area contributed by atoms with E-state index in [9.17, 15) is 4.79 Å². The Morgan fingerprint density at radius 2 is 1.77 bits per heavy atom. The van der Waals surface area contributed by atoms with Gasteiger partial charge in [-0.3, -0.25) is 9.80 Å². The molecule has 0 aromatic carbocycles. The maximum atomic E-state index is 12.2. The third kappa shape index (κ3) is 3.57. The van der Waals surface area contributed by atoms with Crippen molar-refractivity contribution in [2.75, 3.05) is 53.4 Å². The summed E-state index contributed by atoms with van der Waals surface area (Å²) in [6, 6.07) is 0.774. The van der Waals surface area contributed by atoms with Crippen LogP contribution in [0.25, 0.3) is 0 Å². The molecular weight excluding hydrogens is 276 g/mol. The lowest BCUT2D eigenvalue weighted by molar-refractivity contribution is -0.0461. The van der Waals surface area contributed by atoms with E-state index in [0.29, 0.717) is 6.04 Å². The highest BCUT2D eigenvalue weighted by Gasteiger charge is 2.44. The number of hydrogen-bond donors (Lipinski definition) is 0. The van der Waals surface area contributed by atoms with Gasteiger partial charge >= 0.3 is 6.03 Å². The first-order valence-corrected chi connectivity index (χ1v) is 8.85. The van der Waals surface area contributed by atoms with Crippen molar-refractivity contribution in [3.63, 3.8) is 0 Å². The smallest absolute Gasteiger partial charge is 0.319 e. The summed E-state index contributed by atoms with van der Waals surface area (Å²) in [5, 5.41) is 0. The Balaban J connectivity index is 2.06. The molecule has 0 bridgehead atoms. The molecule has 5 nitrogen and oxygen atoms in total. The SMILES string of the molecule is CCCN1CCN(C(C)C)CC12CCN(C(=O)N(C)C)CC2. The molecule has 0 saturated carbocycles. The van der Waals surface area contributed by atoms with E-state index in [1.165, 1.54) is 26.1 Å². The fraction of sp³-hybridized carbons (Fsp3) is 0.941. The number of hydrogen-bond acceptors (Lipinski definition) is 3. The molecule has 2 fully saturated rings. The second-order valence-corrected chi connectivity index (χ2v) is 7.44. The maximum Gasteiger partial charge on any atom is 0.319 e. The Morgan fingerprint density at radius 3 is 2.27 bits per heavy atom. The first-order chi connectivity index (χ1) is 10.4. The molecule has 0 atom stereocenters. The zero-order valence-corrected chi connectivity index (χ0v) is 15.1. The van der Waals surface area contributed by atoms with Crippen molar-refractivity contribution in [1.82, 2.24) is 19.6 Å². The Morgan fingerprint density at radius 1 is 1.14 bits per heavy atom. The molecule has 1 spiro atoms. The predicted molar refractivity (Wildman–Crippen MR) is 91.2 cm³/mol. The van der Waals surface area contributed by atoms with Gasteiger partial charge in [0.2, 0.25) is 0 Å². The Hall–Kier alpha value is -0.810. The first-order valence-electron chi connectivity index (χ1n) is 8.85. The summed E-state index contributed by atoms with van der Waals surface area (Å²) >= 11 is 0. The number of carbonyl (C=O) groups is 1. The van der Waals surface area contributed by atoms with E-state index >= 15 is 0 Å². The summed E-state index contributed by atoms with van der Waals surface area (Å²) < 4.78 is 0. The topological polar surface area (TPSA) is 30.0 Å². The molecule has 2 aliphatic rings. The number of piperazine rings is 1. The van der Waals surface area contributed by atoms with Gasteiger partial charge in [-0.2, -0.15) is 0 Å². The normalized spacial score (nSPS) is 23.3. The number of nitrogens with zero attached hydrogens (tertiary/aromatic N) is 4. The van der Waals surface area contributed by atoms with Gasteiger partial charge in [-0.15, -0.1) is 0 Å². The summed E-state index contributed by atoms with van der Waals surface area (Å²) in [7, 11) is 3.69. The molecule has 128 valence electrons. The van der Waals surface area contributed by atoms with Crippen LogP contribution in [0.3, 0.4) is 0 Å². The van der Waals surface area contributed by atoms with Crippen LogP contribution in [0.5, 0.6) is 0 Å². The molecule has 0 aliphatic carbocycles. The average molecular weight is 310 g/mol. The molecular formula is C17H34N4O. The zero-order valence-electron chi connectivity index (χ0n) is 15.1. The van der Waals surface area contributed by atoms with E-state index in [2.05, 4.69) is 30.6 Å². The largest absolute Gasteiger partial charge is 0.331 e. The molecule has 0 N–H and O–H groups in total. The number of likely N-dealkylation sites (tertiary alicyclic amines) is 1. The van der Waals surface area contributed by atoms with E-state index in [4.69, 9.17) is 0 Å². The average Bonchev–Trinajstić information content (AvgIpc) is 2.49. The van der Waals surface area contributed by atoms with Crippen molar-refractivity contribution in [3.8, 4) is 0 Å². The highest BCUT2D eigenvalue weighted by Crippen LogP contribution is 2.33. The van der Waals surface area contributed by atoms with Gasteiger partial charge in [0.05, 0.1) is 0 Å². The lowest BCUT2D eigenvalue weighted by Gasteiger charge is -2.55. The monoisotopic (exact) mass is 310 g/mol. The van der Waals surface area contributed by atoms with Crippen molar-refractivity contribution in [1.29, 1.82) is 0 Å². The molecule has 2 rings (SSSR count). The molecule has 2 saturated heterocycles. The number of carbonyl (C=O) groups excluding carboxylic acids is 1. The van der Waals surface area contributed by atoms with Crippen molar-refractivity contribution in [3.05, 3.63) is 0 Å². The van der Waals surface area contributed by atoms with Crippen LogP contribution >= 0.6 is 0 Å². The van der Waals surface area contributed by atoms with Gasteiger partial charge in [0.25, 0.3) is 0 Å². The zero-order chi connectivity index (χ0) is 16.3. The fourth-order valence-corrected chi connectivity index (χ4v) is 3.97. The van der Waals surface area contributed by atoms with Crippen LogP contribution in [0, 0.1) is 0 Å². The summed E-state index contributed by atoms with van der Waals surface area (Å²) in [6.07, 6.45) is 3.43. The van der Waals surface area contributed by atoms with Crippen LogP contribution in [0.1, 0.15) is 40.0 Å². The molecule has 22 heavy (non-hydrogen) atoms. The van der Waals surface area contributed by atoms with E-state index in [0.717, 1.165) is 32.5 Å². The molecule has 0 radical (unpaired) electrons. The number of amides is 2. The van der Waals surface area contributed by atoms with Crippen LogP contribution in [0.2, 0.25) is 0 Å². The molecule has 0 unspecified atom stereocenters. The van der Waals surface area contributed by atoms with Gasteiger partial charge in [0.15, 0.2) is 0 Å². The van der Waals surface area contributed by atoms with Gasteiger partial charge in [0, 0.05) is 58.4 Å². The number of rotatable bonds is 3. The molecule has 5 heteroatoms. The van der Waals surface area contributed by atoms with E-state index in [-0.39, 0.29) is 11.6 Å². The standard InChI is InChI=1S/C17H34N4O/c1-6-9-21-13-12-20(15(2)3)14-17(21)7-10-19(11-8-17)16(22)18(4)5/h15H,6-14H2,1-5H3. The van der Waals surface area contributed by atoms with Crippen LogP contribution < -0.4 is 0 Å². The minimum absolute atomic E-state index is 0.161. The summed E-state index contributed by atoms with van der Waals surface area (Å²) in [5.41, 5.74) is 0.279. The predicted octanol–water partition coefficient (Wildman–Crippen LogP) is 1.94. The quantitative estimate of drug-likeness (QED) is 0.798. The molecule has 0 aromatic rings. The summed E-state index contributed by atoms with van der Waals surface area (Å²) in [5.74, 6) is 0. The summed E-state index contributed by atoms with van der Waals surface area (Å²) in [6.45, 7) is 13.4. The van der Waals surface area contributed by atoms with Crippen molar-refractivity contribution in [2.45, 2.75) is 51.6 Å². The van der Waals surface area contributed by atoms with E-state index in [1.807, 2.05) is 19.0 Å². The van der Waals surface area contributed by atoms with E-state index in [1.54, 1.807) is 4.90 Å². The van der Waals surface area contributed by atoms with Crippen molar-refractivity contribution >= 4 is 6.03 Å². The molecule has 2 amide bonds. The summed E-state index contributed by atoms with van der Waals surface area (Å²) in [4.78, 5) is 21.2. The van der Waals surface area contributed by atoms with Crippen LogP contribution in [-0.4, -0.2) is 90.6 Å². The second kappa shape index (κ2) is 7.18. The van der Waals surface area contributed by atoms with Crippen LogP contribution in [0.4, 0.5) is 4.79 Å². The van der Waals surface area contributed by atoms with E-state index < -0.39 is 0 Å². The van der Waals surface area contributed by atoms with Crippen molar-refractivity contribution < 1.29 is 4.79 Å². The van der Waals surface area contributed by atoms with Gasteiger partial charge in [-0.25, -0.2) is 4.79 Å².